The van der Waals surface area contributed by atoms with Crippen LogP contribution in [-0.4, -0.2) is 10.9 Å². The summed E-state index contributed by atoms with van der Waals surface area (Å²) in [5.41, 5.74) is 8.12. The van der Waals surface area contributed by atoms with Crippen LogP contribution in [0.2, 0.25) is 5.02 Å². The van der Waals surface area contributed by atoms with Gasteiger partial charge in [0.1, 0.15) is 0 Å². The number of aryl methyl sites for hydroxylation is 1. The fourth-order valence-corrected chi connectivity index (χ4v) is 2.26. The lowest BCUT2D eigenvalue weighted by Crippen LogP contribution is -2.27. The van der Waals surface area contributed by atoms with Crippen molar-refractivity contribution in [1.29, 1.82) is 0 Å². The number of carbonyl (C=O) groups excluding carboxylic acids is 1. The average Bonchev–Trinajstić information content (AvgIpc) is 2.41. The molecule has 4 nitrogen and oxygen atoms in total. The van der Waals surface area contributed by atoms with E-state index in [1.54, 1.807) is 19.1 Å². The van der Waals surface area contributed by atoms with Crippen LogP contribution in [0, 0.1) is 6.92 Å². The van der Waals surface area contributed by atoms with Gasteiger partial charge < -0.3 is 11.1 Å². The van der Waals surface area contributed by atoms with Gasteiger partial charge in [-0.3, -0.25) is 9.78 Å². The highest BCUT2D eigenvalue weighted by Crippen LogP contribution is 2.22. The number of rotatable bonds is 3. The summed E-state index contributed by atoms with van der Waals surface area (Å²) < 4.78 is 0. The van der Waals surface area contributed by atoms with E-state index >= 15 is 0 Å². The number of aromatic nitrogens is 1. The predicted molar refractivity (Wildman–Crippen MR) is 80.7 cm³/mol. The number of nitrogens with two attached hydrogens (primary N) is 1. The number of nitrogen functional groups attached to an aromatic ring is 1. The molecule has 0 spiro atoms. The average molecular weight is 290 g/mol. The van der Waals surface area contributed by atoms with Gasteiger partial charge in [-0.05, 0) is 31.5 Å². The molecule has 20 heavy (non-hydrogen) atoms. The topological polar surface area (TPSA) is 68.0 Å². The lowest BCUT2D eigenvalue weighted by atomic mass is 10.1. The lowest BCUT2D eigenvalue weighted by molar-refractivity contribution is 0.0939. The molecule has 0 aliphatic heterocycles. The third-order valence-electron chi connectivity index (χ3n) is 3.07. The summed E-state index contributed by atoms with van der Waals surface area (Å²) in [7, 11) is 0. The summed E-state index contributed by atoms with van der Waals surface area (Å²) in [6, 6.07) is 8.85. The summed E-state index contributed by atoms with van der Waals surface area (Å²) in [5.74, 6) is -0.213. The Labute approximate surface area is 123 Å². The molecule has 0 saturated heterocycles. The van der Waals surface area contributed by atoms with Crippen molar-refractivity contribution in [3.63, 3.8) is 0 Å². The highest BCUT2D eigenvalue weighted by atomic mass is 35.5. The van der Waals surface area contributed by atoms with E-state index in [4.69, 9.17) is 17.3 Å². The van der Waals surface area contributed by atoms with E-state index in [0.29, 0.717) is 22.0 Å². The predicted octanol–water partition coefficient (Wildman–Crippen LogP) is 3.12. The van der Waals surface area contributed by atoms with E-state index < -0.39 is 0 Å². The second-order valence-corrected chi connectivity index (χ2v) is 5.03. The Hall–Kier alpha value is -2.07. The molecule has 104 valence electrons. The third kappa shape index (κ3) is 3.08. The van der Waals surface area contributed by atoms with Crippen molar-refractivity contribution in [3.8, 4) is 0 Å². The highest BCUT2D eigenvalue weighted by Gasteiger charge is 2.15. The second kappa shape index (κ2) is 5.92. The Balaban J connectivity index is 2.20. The Kier molecular flexibility index (Phi) is 4.25. The largest absolute Gasteiger partial charge is 0.397 e. The van der Waals surface area contributed by atoms with Gasteiger partial charge in [-0.2, -0.15) is 0 Å². The van der Waals surface area contributed by atoms with Gasteiger partial charge in [-0.1, -0.05) is 29.8 Å². The standard InChI is InChI=1S/C15H16ClN3O/c1-9-13(7-11(17)8-18-9)15(20)19-10(2)12-5-3-4-6-14(12)16/h3-8,10H,17H2,1-2H3,(H,19,20). The minimum absolute atomic E-state index is 0.197. The number of nitrogens with zero attached hydrogens (tertiary/aromatic N) is 1. The van der Waals surface area contributed by atoms with Gasteiger partial charge in [0.15, 0.2) is 0 Å². The zero-order chi connectivity index (χ0) is 14.7. The maximum atomic E-state index is 12.3. The number of halogens is 1. The molecular weight excluding hydrogens is 274 g/mol. The molecule has 1 aromatic carbocycles. The van der Waals surface area contributed by atoms with E-state index in [1.165, 1.54) is 6.20 Å². The van der Waals surface area contributed by atoms with Crippen molar-refractivity contribution < 1.29 is 4.79 Å². The lowest BCUT2D eigenvalue weighted by Gasteiger charge is -2.16. The smallest absolute Gasteiger partial charge is 0.253 e. The molecule has 2 aromatic rings. The monoisotopic (exact) mass is 289 g/mol. The van der Waals surface area contributed by atoms with Gasteiger partial charge in [-0.15, -0.1) is 0 Å². The number of anilines is 1. The fraction of sp³-hybridized carbons (Fsp3) is 0.200. The Morgan fingerprint density at radius 1 is 1.40 bits per heavy atom. The first kappa shape index (κ1) is 14.3. The quantitative estimate of drug-likeness (QED) is 0.912. The van der Waals surface area contributed by atoms with Gasteiger partial charge in [0.05, 0.1) is 29.2 Å². The van der Waals surface area contributed by atoms with Crippen molar-refractivity contribution >= 4 is 23.2 Å². The molecule has 0 aliphatic carbocycles. The van der Waals surface area contributed by atoms with Gasteiger partial charge in [0.2, 0.25) is 0 Å². The first-order valence-corrected chi connectivity index (χ1v) is 6.64. The molecular formula is C15H16ClN3O. The van der Waals surface area contributed by atoms with Crippen LogP contribution in [0.1, 0.15) is 34.6 Å². The van der Waals surface area contributed by atoms with Crippen molar-refractivity contribution in [2.45, 2.75) is 19.9 Å². The summed E-state index contributed by atoms with van der Waals surface area (Å²) in [4.78, 5) is 16.3. The van der Waals surface area contributed by atoms with Crippen LogP contribution in [0.4, 0.5) is 5.69 Å². The van der Waals surface area contributed by atoms with Crippen LogP contribution >= 0.6 is 11.6 Å². The Morgan fingerprint density at radius 3 is 2.80 bits per heavy atom. The zero-order valence-electron chi connectivity index (χ0n) is 11.4. The second-order valence-electron chi connectivity index (χ2n) is 4.62. The molecule has 2 rings (SSSR count). The molecule has 0 saturated carbocycles. The van der Waals surface area contributed by atoms with Crippen molar-refractivity contribution in [3.05, 3.63) is 58.4 Å². The first-order chi connectivity index (χ1) is 9.49. The van der Waals surface area contributed by atoms with Gasteiger partial charge in [-0.25, -0.2) is 0 Å². The van der Waals surface area contributed by atoms with Gasteiger partial charge in [0, 0.05) is 5.02 Å². The molecule has 1 unspecified atom stereocenters. The van der Waals surface area contributed by atoms with Crippen LogP contribution in [0.25, 0.3) is 0 Å². The zero-order valence-corrected chi connectivity index (χ0v) is 12.1. The molecule has 1 aromatic heterocycles. The maximum absolute atomic E-state index is 12.3. The molecule has 0 radical (unpaired) electrons. The molecule has 0 bridgehead atoms. The van der Waals surface area contributed by atoms with Crippen LogP contribution < -0.4 is 11.1 Å². The number of pyridine rings is 1. The molecule has 5 heteroatoms. The summed E-state index contributed by atoms with van der Waals surface area (Å²) in [6.45, 7) is 3.66. The first-order valence-electron chi connectivity index (χ1n) is 6.26. The fourth-order valence-electron chi connectivity index (χ4n) is 1.96. The molecule has 0 fully saturated rings. The van der Waals surface area contributed by atoms with E-state index in [-0.39, 0.29) is 11.9 Å². The number of benzene rings is 1. The maximum Gasteiger partial charge on any atom is 0.253 e. The number of hydrogen-bond acceptors (Lipinski definition) is 3. The van der Waals surface area contributed by atoms with Crippen LogP contribution in [-0.2, 0) is 0 Å². The minimum Gasteiger partial charge on any atom is -0.397 e. The number of carbonyl (C=O) groups is 1. The Morgan fingerprint density at radius 2 is 2.10 bits per heavy atom. The van der Waals surface area contributed by atoms with E-state index in [9.17, 15) is 4.79 Å². The summed E-state index contributed by atoms with van der Waals surface area (Å²) in [5, 5.41) is 3.53. The summed E-state index contributed by atoms with van der Waals surface area (Å²) >= 11 is 6.12. The third-order valence-corrected chi connectivity index (χ3v) is 3.42. The van der Waals surface area contributed by atoms with Gasteiger partial charge in [0.25, 0.3) is 5.91 Å². The van der Waals surface area contributed by atoms with E-state index in [1.807, 2.05) is 25.1 Å². The number of amides is 1. The van der Waals surface area contributed by atoms with Crippen LogP contribution in [0.3, 0.4) is 0 Å². The Bertz CT molecular complexity index is 643. The minimum atomic E-state index is -0.213. The molecule has 3 N–H and O–H groups in total. The van der Waals surface area contributed by atoms with E-state index in [2.05, 4.69) is 10.3 Å². The highest BCUT2D eigenvalue weighted by molar-refractivity contribution is 6.31. The number of hydrogen-bond donors (Lipinski definition) is 2. The SMILES string of the molecule is Cc1ncc(N)cc1C(=O)NC(C)c1ccccc1Cl. The molecule has 1 atom stereocenters. The van der Waals surface area contributed by atoms with Crippen LogP contribution in [0.15, 0.2) is 36.5 Å². The molecule has 1 heterocycles. The normalized spacial score (nSPS) is 11.9. The number of nitrogens with one attached hydrogen (secondary N) is 1. The summed E-state index contributed by atoms with van der Waals surface area (Å²) in [6.07, 6.45) is 1.53. The molecule has 1 amide bonds. The van der Waals surface area contributed by atoms with Crippen molar-refractivity contribution in [2.24, 2.45) is 0 Å². The van der Waals surface area contributed by atoms with Crippen molar-refractivity contribution in [1.82, 2.24) is 10.3 Å². The van der Waals surface area contributed by atoms with Crippen molar-refractivity contribution in [2.75, 3.05) is 5.73 Å². The van der Waals surface area contributed by atoms with Gasteiger partial charge >= 0.3 is 0 Å². The molecule has 0 aliphatic rings. The van der Waals surface area contributed by atoms with E-state index in [0.717, 1.165) is 5.56 Å². The van der Waals surface area contributed by atoms with Crippen LogP contribution in [0.5, 0.6) is 0 Å².